The summed E-state index contributed by atoms with van der Waals surface area (Å²) in [5.74, 6) is 1.29. The van der Waals surface area contributed by atoms with E-state index < -0.39 is 0 Å². The second kappa shape index (κ2) is 4.83. The summed E-state index contributed by atoms with van der Waals surface area (Å²) < 4.78 is 6.54. The number of hydrogen-bond acceptors (Lipinski definition) is 5. The molecule has 0 bridgehead atoms. The summed E-state index contributed by atoms with van der Waals surface area (Å²) in [4.78, 5) is 15.9. The van der Waals surface area contributed by atoms with Crippen molar-refractivity contribution in [2.45, 2.75) is 45.3 Å². The molecule has 0 radical (unpaired) electrons. The standard InChI is InChI=1S/C11H18N4O2/c1-7-12-8(2)15(14-7)6-10(11(16)17-3)13-9-4-5-9/h9-10,13H,4-6H2,1-3H3. The molecule has 0 spiro atoms. The molecule has 1 unspecified atom stereocenters. The van der Waals surface area contributed by atoms with E-state index in [0.29, 0.717) is 12.6 Å². The number of carbonyl (C=O) groups excluding carboxylic acids is 1. The van der Waals surface area contributed by atoms with Gasteiger partial charge in [0, 0.05) is 6.04 Å². The first-order valence-electron chi connectivity index (χ1n) is 5.82. The summed E-state index contributed by atoms with van der Waals surface area (Å²) in [6.45, 7) is 4.19. The van der Waals surface area contributed by atoms with E-state index in [1.165, 1.54) is 7.11 Å². The highest BCUT2D eigenvalue weighted by molar-refractivity contribution is 5.75. The van der Waals surface area contributed by atoms with Gasteiger partial charge in [-0.15, -0.1) is 0 Å². The first-order valence-corrected chi connectivity index (χ1v) is 5.82. The molecule has 1 N–H and O–H groups in total. The van der Waals surface area contributed by atoms with Gasteiger partial charge in [0.15, 0.2) is 0 Å². The van der Waals surface area contributed by atoms with Crippen LogP contribution in [0.5, 0.6) is 0 Å². The average molecular weight is 238 g/mol. The van der Waals surface area contributed by atoms with Crippen LogP contribution in [0.2, 0.25) is 0 Å². The van der Waals surface area contributed by atoms with Crippen LogP contribution in [0.25, 0.3) is 0 Å². The molecule has 94 valence electrons. The van der Waals surface area contributed by atoms with Gasteiger partial charge in [0.05, 0.1) is 13.7 Å². The molecule has 1 aromatic rings. The van der Waals surface area contributed by atoms with Gasteiger partial charge in [0.25, 0.3) is 0 Å². The Balaban J connectivity index is 2.05. The minimum Gasteiger partial charge on any atom is -0.468 e. The van der Waals surface area contributed by atoms with E-state index in [-0.39, 0.29) is 12.0 Å². The van der Waals surface area contributed by atoms with Crippen LogP contribution in [-0.4, -0.2) is 39.9 Å². The monoisotopic (exact) mass is 238 g/mol. The summed E-state index contributed by atoms with van der Waals surface area (Å²) in [5, 5.41) is 7.52. The van der Waals surface area contributed by atoms with Crippen LogP contribution in [-0.2, 0) is 16.1 Å². The van der Waals surface area contributed by atoms with Crippen molar-refractivity contribution in [1.29, 1.82) is 0 Å². The Morgan fingerprint density at radius 3 is 2.76 bits per heavy atom. The minimum atomic E-state index is -0.340. The maximum atomic E-state index is 11.7. The zero-order valence-electron chi connectivity index (χ0n) is 10.4. The van der Waals surface area contributed by atoms with Crippen LogP contribution >= 0.6 is 0 Å². The molecule has 0 amide bonds. The molecule has 1 heterocycles. The number of nitrogens with zero attached hydrogens (tertiary/aromatic N) is 3. The fourth-order valence-electron chi connectivity index (χ4n) is 1.78. The van der Waals surface area contributed by atoms with Gasteiger partial charge in [0.2, 0.25) is 0 Å². The number of nitrogens with one attached hydrogen (secondary N) is 1. The zero-order valence-corrected chi connectivity index (χ0v) is 10.4. The van der Waals surface area contributed by atoms with Crippen molar-refractivity contribution in [3.8, 4) is 0 Å². The van der Waals surface area contributed by atoms with Crippen LogP contribution in [0.3, 0.4) is 0 Å². The molecule has 6 nitrogen and oxygen atoms in total. The molecule has 0 aliphatic heterocycles. The molecule has 17 heavy (non-hydrogen) atoms. The number of rotatable bonds is 5. The number of aromatic nitrogens is 3. The Morgan fingerprint density at radius 1 is 1.59 bits per heavy atom. The lowest BCUT2D eigenvalue weighted by atomic mass is 10.3. The number of methoxy groups -OCH3 is 1. The quantitative estimate of drug-likeness (QED) is 0.741. The lowest BCUT2D eigenvalue weighted by molar-refractivity contribution is -0.143. The smallest absolute Gasteiger partial charge is 0.324 e. The molecule has 1 saturated carbocycles. The Bertz CT molecular complexity index is 412. The molecule has 6 heteroatoms. The van der Waals surface area contributed by atoms with Crippen molar-refractivity contribution in [3.63, 3.8) is 0 Å². The summed E-state index contributed by atoms with van der Waals surface area (Å²) in [6, 6.07) is 0.108. The van der Waals surface area contributed by atoms with E-state index in [4.69, 9.17) is 4.74 Å². The fourth-order valence-corrected chi connectivity index (χ4v) is 1.78. The molecule has 1 aliphatic rings. The van der Waals surface area contributed by atoms with Gasteiger partial charge in [-0.2, -0.15) is 5.10 Å². The molecule has 1 fully saturated rings. The highest BCUT2D eigenvalue weighted by atomic mass is 16.5. The normalized spacial score (nSPS) is 16.9. The number of carbonyl (C=O) groups is 1. The van der Waals surface area contributed by atoms with Gasteiger partial charge in [-0.1, -0.05) is 0 Å². The van der Waals surface area contributed by atoms with E-state index >= 15 is 0 Å². The van der Waals surface area contributed by atoms with E-state index in [2.05, 4.69) is 15.4 Å². The van der Waals surface area contributed by atoms with Crippen molar-refractivity contribution in [3.05, 3.63) is 11.6 Å². The van der Waals surface area contributed by atoms with Gasteiger partial charge in [-0.25, -0.2) is 9.67 Å². The molecule has 1 atom stereocenters. The summed E-state index contributed by atoms with van der Waals surface area (Å²) in [7, 11) is 1.41. The second-order valence-electron chi connectivity index (χ2n) is 4.41. The Morgan fingerprint density at radius 2 is 2.29 bits per heavy atom. The molecule has 1 aromatic heterocycles. The lowest BCUT2D eigenvalue weighted by Crippen LogP contribution is -2.42. The second-order valence-corrected chi connectivity index (χ2v) is 4.41. The number of esters is 1. The molecule has 2 rings (SSSR count). The van der Waals surface area contributed by atoms with Crippen LogP contribution in [0.15, 0.2) is 0 Å². The van der Waals surface area contributed by atoms with E-state index in [9.17, 15) is 4.79 Å². The van der Waals surface area contributed by atoms with Gasteiger partial charge in [0.1, 0.15) is 17.7 Å². The molecule has 0 saturated heterocycles. The van der Waals surface area contributed by atoms with Gasteiger partial charge >= 0.3 is 5.97 Å². The summed E-state index contributed by atoms with van der Waals surface area (Å²) in [6.07, 6.45) is 2.26. The summed E-state index contributed by atoms with van der Waals surface area (Å²) >= 11 is 0. The van der Waals surface area contributed by atoms with E-state index in [1.54, 1.807) is 4.68 Å². The van der Waals surface area contributed by atoms with Crippen molar-refractivity contribution < 1.29 is 9.53 Å². The number of aryl methyl sites for hydroxylation is 2. The maximum absolute atomic E-state index is 11.7. The SMILES string of the molecule is COC(=O)C(Cn1nc(C)nc1C)NC1CC1. The van der Waals surface area contributed by atoms with E-state index in [1.807, 2.05) is 13.8 Å². The van der Waals surface area contributed by atoms with Crippen LogP contribution in [0.1, 0.15) is 24.5 Å². The predicted molar refractivity (Wildman–Crippen MR) is 61.5 cm³/mol. The highest BCUT2D eigenvalue weighted by Gasteiger charge is 2.29. The first kappa shape index (κ1) is 12.0. The third-order valence-electron chi connectivity index (χ3n) is 2.82. The maximum Gasteiger partial charge on any atom is 0.324 e. The van der Waals surface area contributed by atoms with Crippen molar-refractivity contribution in [1.82, 2.24) is 20.1 Å². The highest BCUT2D eigenvalue weighted by Crippen LogP contribution is 2.20. The third-order valence-corrected chi connectivity index (χ3v) is 2.82. The van der Waals surface area contributed by atoms with Crippen LogP contribution in [0.4, 0.5) is 0 Å². The molecule has 1 aliphatic carbocycles. The number of ether oxygens (including phenoxy) is 1. The zero-order chi connectivity index (χ0) is 12.4. The van der Waals surface area contributed by atoms with Gasteiger partial charge in [-0.3, -0.25) is 4.79 Å². The van der Waals surface area contributed by atoms with Gasteiger partial charge in [-0.05, 0) is 26.7 Å². The van der Waals surface area contributed by atoms with Crippen LogP contribution in [0, 0.1) is 13.8 Å². The molecular formula is C11H18N4O2. The van der Waals surface area contributed by atoms with Crippen molar-refractivity contribution in [2.24, 2.45) is 0 Å². The average Bonchev–Trinajstić information content (AvgIpc) is 3.04. The number of hydrogen-bond donors (Lipinski definition) is 1. The Kier molecular flexibility index (Phi) is 3.42. The predicted octanol–water partition coefficient (Wildman–Crippen LogP) is 0.189. The lowest BCUT2D eigenvalue weighted by Gasteiger charge is -2.16. The van der Waals surface area contributed by atoms with Crippen molar-refractivity contribution >= 4 is 5.97 Å². The van der Waals surface area contributed by atoms with Gasteiger partial charge < -0.3 is 10.1 Å². The summed E-state index contributed by atoms with van der Waals surface area (Å²) in [5.41, 5.74) is 0. The van der Waals surface area contributed by atoms with Crippen LogP contribution < -0.4 is 5.32 Å². The van der Waals surface area contributed by atoms with Crippen molar-refractivity contribution in [2.75, 3.05) is 7.11 Å². The first-order chi connectivity index (χ1) is 8.10. The topological polar surface area (TPSA) is 69.0 Å². The molecule has 0 aromatic carbocycles. The minimum absolute atomic E-state index is 0.246. The van der Waals surface area contributed by atoms with E-state index in [0.717, 1.165) is 24.5 Å². The Labute approximate surface area is 100 Å². The third kappa shape index (κ3) is 3.03. The Hall–Kier alpha value is -1.43. The molecular weight excluding hydrogens is 220 g/mol. The largest absolute Gasteiger partial charge is 0.468 e. The fraction of sp³-hybridized carbons (Fsp3) is 0.727.